The van der Waals surface area contributed by atoms with Gasteiger partial charge in [0.1, 0.15) is 0 Å². The number of benzene rings is 1. The average Bonchev–Trinajstić information content (AvgIpc) is 2.36. The lowest BCUT2D eigenvalue weighted by molar-refractivity contribution is 1.29. The Kier molecular flexibility index (Phi) is 1.06. The van der Waals surface area contributed by atoms with Gasteiger partial charge in [0.05, 0.1) is 6.85 Å². The van der Waals surface area contributed by atoms with E-state index in [1.54, 1.807) is 12.3 Å². The minimum Gasteiger partial charge on any atom is -0.264 e. The van der Waals surface area contributed by atoms with Crippen molar-refractivity contribution in [3.05, 3.63) is 54.2 Å². The van der Waals surface area contributed by atoms with E-state index in [9.17, 15) is 0 Å². The molecular weight excluding hydrogens is 158 g/mol. The molecule has 0 fully saturated rings. The summed E-state index contributed by atoms with van der Waals surface area (Å²) in [5, 5.41) is 0. The van der Waals surface area contributed by atoms with Crippen LogP contribution < -0.4 is 0 Å². The molecule has 0 radical (unpaired) electrons. The number of pyridine rings is 1. The molecule has 0 unspecified atom stereocenters. The van der Waals surface area contributed by atoms with Crippen molar-refractivity contribution in [2.75, 3.05) is 0 Å². The quantitative estimate of drug-likeness (QED) is 0.647. The van der Waals surface area contributed by atoms with E-state index in [2.05, 4.69) is 4.98 Å². The van der Waals surface area contributed by atoms with Gasteiger partial charge in [0.25, 0.3) is 0 Å². The van der Waals surface area contributed by atoms with E-state index in [-0.39, 0.29) is 35.8 Å². The number of aromatic nitrogens is 1. The van der Waals surface area contributed by atoms with Gasteiger partial charge in [-0.25, -0.2) is 0 Å². The monoisotopic (exact) mass is 174 g/mol. The summed E-state index contributed by atoms with van der Waals surface area (Å²) in [4.78, 5) is 3.95. The second-order valence-corrected chi connectivity index (χ2v) is 2.69. The smallest absolute Gasteiger partial charge is 0.0629 e. The highest BCUT2D eigenvalue weighted by molar-refractivity contribution is 5.65. The first-order valence-corrected chi connectivity index (χ1v) is 3.93. The van der Waals surface area contributed by atoms with Crippen LogP contribution in [-0.2, 0) is 0 Å². The molecule has 0 spiro atoms. The van der Waals surface area contributed by atoms with E-state index in [0.717, 1.165) is 5.56 Å². The second-order valence-electron chi connectivity index (χ2n) is 2.69. The summed E-state index contributed by atoms with van der Waals surface area (Å²) in [5.41, 5.74) is 1.59. The number of rotatable bonds is 1. The molecule has 1 heteroatoms. The zero-order valence-electron chi connectivity index (χ0n) is 12.2. The number of nitrogens with zero attached hydrogens (tertiary/aromatic N) is 1. The second kappa shape index (κ2) is 3.40. The lowest BCUT2D eigenvalue weighted by Crippen LogP contribution is -1.83. The van der Waals surface area contributed by atoms with E-state index in [0.29, 0.717) is 5.56 Å². The zero-order chi connectivity index (χ0) is 13.4. The molecule has 1 nitrogen and oxygen atoms in total. The Balaban J connectivity index is 2.85. The number of hydrogen-bond acceptors (Lipinski definition) is 1. The van der Waals surface area contributed by atoms with Crippen LogP contribution in [-0.4, -0.2) is 4.98 Å². The first kappa shape index (κ1) is 4.05. The molecule has 0 aliphatic heterocycles. The largest absolute Gasteiger partial charge is 0.264 e. The molecule has 0 aliphatic rings. The van der Waals surface area contributed by atoms with Crippen molar-refractivity contribution in [2.24, 2.45) is 0 Å². The van der Waals surface area contributed by atoms with Crippen molar-refractivity contribution < 1.29 is 6.85 Å². The molecule has 64 valence electrons. The molecule has 0 bridgehead atoms. The van der Waals surface area contributed by atoms with Gasteiger partial charge >= 0.3 is 0 Å². The van der Waals surface area contributed by atoms with Gasteiger partial charge in [-0.2, -0.15) is 0 Å². The van der Waals surface area contributed by atoms with Crippen LogP contribution in [0, 0.1) is 6.92 Å². The van der Waals surface area contributed by atoms with Gasteiger partial charge in [-0.1, -0.05) is 30.2 Å². The van der Waals surface area contributed by atoms with E-state index in [1.165, 1.54) is 6.20 Å². The van der Waals surface area contributed by atoms with Gasteiger partial charge in [-0.05, 0) is 24.1 Å². The van der Waals surface area contributed by atoms with Gasteiger partial charge in [-0.15, -0.1) is 0 Å². The van der Waals surface area contributed by atoms with Crippen LogP contribution in [0.15, 0.2) is 48.7 Å². The van der Waals surface area contributed by atoms with E-state index < -0.39 is 0 Å². The first-order valence-electron chi connectivity index (χ1n) is 6.43. The molecule has 1 heterocycles. The molecule has 0 amide bonds. The Morgan fingerprint density at radius 2 is 2.00 bits per heavy atom. The van der Waals surface area contributed by atoms with Gasteiger partial charge in [0, 0.05) is 18.0 Å². The summed E-state index contributed by atoms with van der Waals surface area (Å²) in [6.45, 7) is 1.82. The fraction of sp³-hybridized carbons (Fsp3) is 0.0833. The number of hydrogen-bond donors (Lipinski definition) is 0. The Labute approximate surface area is 85.1 Å². The van der Waals surface area contributed by atoms with Crippen LogP contribution in [0.5, 0.6) is 0 Å². The minimum absolute atomic E-state index is 0.197. The topological polar surface area (TPSA) is 12.9 Å². The molecule has 0 saturated carbocycles. The third kappa shape index (κ3) is 1.59. The first-order chi connectivity index (χ1) is 8.45. The van der Waals surface area contributed by atoms with Crippen molar-refractivity contribution in [2.45, 2.75) is 6.92 Å². The summed E-state index contributed by atoms with van der Waals surface area (Å²) in [6.07, 6.45) is 3.12. The standard InChI is InChI=1S/C12H11N/c1-10-7-8-13-9-12(10)11-5-3-2-4-6-11/h2-9H,1H3/i2D,3D,4D,5D,6D. The molecule has 13 heavy (non-hydrogen) atoms. The highest BCUT2D eigenvalue weighted by atomic mass is 14.6. The average molecular weight is 174 g/mol. The maximum atomic E-state index is 7.87. The molecule has 2 aromatic rings. The van der Waals surface area contributed by atoms with Crippen molar-refractivity contribution in [1.29, 1.82) is 0 Å². The summed E-state index contributed by atoms with van der Waals surface area (Å²) < 4.78 is 38.5. The molecule has 1 aromatic carbocycles. The van der Waals surface area contributed by atoms with Crippen molar-refractivity contribution in [3.8, 4) is 11.1 Å². The van der Waals surface area contributed by atoms with Crippen LogP contribution in [0.1, 0.15) is 12.4 Å². The Morgan fingerprint density at radius 1 is 1.23 bits per heavy atom. The van der Waals surface area contributed by atoms with Crippen LogP contribution in [0.2, 0.25) is 0 Å². The third-order valence-electron chi connectivity index (χ3n) is 1.81. The maximum absolute atomic E-state index is 7.87. The van der Waals surface area contributed by atoms with Gasteiger partial charge in [0.15, 0.2) is 0 Å². The molecule has 0 atom stereocenters. The normalized spacial score (nSPS) is 15.3. The lowest BCUT2D eigenvalue weighted by atomic mass is 10.0. The molecule has 1 aromatic heterocycles. The van der Waals surface area contributed by atoms with Crippen molar-refractivity contribution >= 4 is 0 Å². The number of aryl methyl sites for hydroxylation is 1. The molecule has 2 rings (SSSR count). The predicted molar refractivity (Wildman–Crippen MR) is 54.4 cm³/mol. The Hall–Kier alpha value is -1.63. The SMILES string of the molecule is [2H]c1c([2H])c([2H])c(-c2cnccc2C)c([2H])c1[2H]. The fourth-order valence-corrected chi connectivity index (χ4v) is 1.11. The van der Waals surface area contributed by atoms with Crippen LogP contribution in [0.3, 0.4) is 0 Å². The third-order valence-corrected chi connectivity index (χ3v) is 1.81. The van der Waals surface area contributed by atoms with Crippen LogP contribution in [0.4, 0.5) is 0 Å². The summed E-state index contributed by atoms with van der Waals surface area (Å²) in [7, 11) is 0. The minimum atomic E-state index is -0.379. The van der Waals surface area contributed by atoms with Gasteiger partial charge in [0.2, 0.25) is 0 Å². The molecule has 0 saturated heterocycles. The van der Waals surface area contributed by atoms with E-state index in [1.807, 2.05) is 6.92 Å². The van der Waals surface area contributed by atoms with E-state index in [4.69, 9.17) is 6.85 Å². The Morgan fingerprint density at radius 3 is 2.69 bits per heavy atom. The van der Waals surface area contributed by atoms with Gasteiger partial charge < -0.3 is 0 Å². The summed E-state index contributed by atoms with van der Waals surface area (Å²) >= 11 is 0. The van der Waals surface area contributed by atoms with Crippen LogP contribution in [0.25, 0.3) is 11.1 Å². The highest BCUT2D eigenvalue weighted by Crippen LogP contribution is 2.20. The fourth-order valence-electron chi connectivity index (χ4n) is 1.11. The lowest BCUT2D eigenvalue weighted by Gasteiger charge is -2.03. The van der Waals surface area contributed by atoms with E-state index >= 15 is 0 Å². The summed E-state index contributed by atoms with van der Waals surface area (Å²) in [5.74, 6) is 0. The van der Waals surface area contributed by atoms with Crippen molar-refractivity contribution in [3.63, 3.8) is 0 Å². The molecule has 0 aliphatic carbocycles. The Bertz CT molecular complexity index is 595. The van der Waals surface area contributed by atoms with Crippen molar-refractivity contribution in [1.82, 2.24) is 4.98 Å². The summed E-state index contributed by atoms with van der Waals surface area (Å²) in [6, 6.07) is 0.323. The highest BCUT2D eigenvalue weighted by Gasteiger charge is 1.98. The zero-order valence-corrected chi connectivity index (χ0v) is 7.18. The van der Waals surface area contributed by atoms with Gasteiger partial charge in [-0.3, -0.25) is 4.98 Å². The maximum Gasteiger partial charge on any atom is 0.0629 e. The predicted octanol–water partition coefficient (Wildman–Crippen LogP) is 3.06. The molecular formula is C12H11N. The van der Waals surface area contributed by atoms with Crippen LogP contribution >= 0.6 is 0 Å². The molecule has 0 N–H and O–H groups in total.